The fourth-order valence-corrected chi connectivity index (χ4v) is 5.44. The van der Waals surface area contributed by atoms with E-state index in [1.54, 1.807) is 13.0 Å². The first kappa shape index (κ1) is 32.8. The van der Waals surface area contributed by atoms with E-state index in [0.29, 0.717) is 29.4 Å². The third-order valence-corrected chi connectivity index (χ3v) is 8.35. The topological polar surface area (TPSA) is 172 Å². The molecule has 4 rings (SSSR count). The van der Waals surface area contributed by atoms with Crippen LogP contribution in [0.25, 0.3) is 0 Å². The Hall–Kier alpha value is -3.13. The van der Waals surface area contributed by atoms with Gasteiger partial charge in [0, 0.05) is 49.9 Å². The standard InChI is InChI=1S/C30H40ClN3O9/c1-18-24(43-17-23(35)27(37)28(38)29(39)30(40)41)8-7-22(26(18)31)34-13-11-33(12-14-34)10-2-3-15-42-20-6-4-19-5-9-25(36)32-21(19)16-20/h4,6-8,16,23,27-29,35,37-39H,2-3,5,9-15,17H2,1H3,(H,32,36)(H,40,41). The molecule has 0 radical (unpaired) electrons. The molecule has 0 bridgehead atoms. The van der Waals surface area contributed by atoms with Gasteiger partial charge >= 0.3 is 5.97 Å². The number of carboxylic acid groups (broad SMARTS) is 1. The number of aryl methyl sites for hydroxylation is 1. The Morgan fingerprint density at radius 2 is 1.74 bits per heavy atom. The Labute approximate surface area is 255 Å². The number of carboxylic acids is 1. The Bertz CT molecular complexity index is 1270. The molecule has 2 aromatic rings. The molecule has 13 heteroatoms. The van der Waals surface area contributed by atoms with Crippen LogP contribution < -0.4 is 19.7 Å². The number of aliphatic hydroxyl groups excluding tert-OH is 4. The summed E-state index contributed by atoms with van der Waals surface area (Å²) in [5.74, 6) is -0.543. The van der Waals surface area contributed by atoms with Gasteiger partial charge in [0.1, 0.15) is 36.4 Å². The largest absolute Gasteiger partial charge is 0.494 e. The van der Waals surface area contributed by atoms with E-state index >= 15 is 0 Å². The highest BCUT2D eigenvalue weighted by Crippen LogP contribution is 2.35. The molecule has 0 saturated carbocycles. The van der Waals surface area contributed by atoms with E-state index in [2.05, 4.69) is 15.1 Å². The number of hydrogen-bond acceptors (Lipinski definition) is 10. The number of hydrogen-bond donors (Lipinski definition) is 6. The number of carbonyl (C=O) groups is 2. The molecular formula is C30H40ClN3O9. The number of amides is 1. The Morgan fingerprint density at radius 1 is 1.00 bits per heavy atom. The van der Waals surface area contributed by atoms with Crippen molar-refractivity contribution in [2.45, 2.75) is 57.0 Å². The van der Waals surface area contributed by atoms with E-state index < -0.39 is 37.0 Å². The third-order valence-electron chi connectivity index (χ3n) is 7.87. The van der Waals surface area contributed by atoms with Crippen LogP contribution in [0, 0.1) is 6.92 Å². The molecule has 6 N–H and O–H groups in total. The summed E-state index contributed by atoms with van der Waals surface area (Å²) in [6.45, 7) is 6.25. The van der Waals surface area contributed by atoms with Gasteiger partial charge in [-0.05, 0) is 56.5 Å². The summed E-state index contributed by atoms with van der Waals surface area (Å²) in [6.07, 6.45) is -4.70. The van der Waals surface area contributed by atoms with Crippen molar-refractivity contribution < 1.29 is 44.6 Å². The van der Waals surface area contributed by atoms with Crippen LogP contribution in [0.4, 0.5) is 11.4 Å². The van der Waals surface area contributed by atoms with Gasteiger partial charge in [-0.15, -0.1) is 0 Å². The van der Waals surface area contributed by atoms with Crippen LogP contribution >= 0.6 is 11.6 Å². The lowest BCUT2D eigenvalue weighted by atomic mass is 10.0. The number of ether oxygens (including phenoxy) is 2. The highest BCUT2D eigenvalue weighted by molar-refractivity contribution is 6.34. The minimum atomic E-state index is -2.24. The first-order valence-corrected chi connectivity index (χ1v) is 14.8. The summed E-state index contributed by atoms with van der Waals surface area (Å²) in [6, 6.07) is 9.40. The van der Waals surface area contributed by atoms with Gasteiger partial charge in [0.2, 0.25) is 5.91 Å². The zero-order chi connectivity index (χ0) is 31.1. The molecular weight excluding hydrogens is 582 g/mol. The van der Waals surface area contributed by atoms with Crippen LogP contribution in [-0.4, -0.2) is 113 Å². The van der Waals surface area contributed by atoms with E-state index in [1.807, 2.05) is 24.3 Å². The van der Waals surface area contributed by atoms with Crippen LogP contribution in [0.2, 0.25) is 5.02 Å². The molecule has 2 aliphatic heterocycles. The number of nitrogens with zero attached hydrogens (tertiary/aromatic N) is 2. The molecule has 43 heavy (non-hydrogen) atoms. The first-order chi connectivity index (χ1) is 20.5. The van der Waals surface area contributed by atoms with Crippen molar-refractivity contribution in [2.24, 2.45) is 0 Å². The van der Waals surface area contributed by atoms with E-state index in [9.17, 15) is 30.0 Å². The van der Waals surface area contributed by atoms with Crippen LogP contribution in [0.3, 0.4) is 0 Å². The van der Waals surface area contributed by atoms with Crippen molar-refractivity contribution in [3.05, 3.63) is 46.5 Å². The monoisotopic (exact) mass is 621 g/mol. The van der Waals surface area contributed by atoms with Crippen molar-refractivity contribution in [3.8, 4) is 11.5 Å². The zero-order valence-corrected chi connectivity index (χ0v) is 24.9. The predicted octanol–water partition coefficient (Wildman–Crippen LogP) is 1.42. The summed E-state index contributed by atoms with van der Waals surface area (Å²) in [7, 11) is 0. The second kappa shape index (κ2) is 15.0. The van der Waals surface area contributed by atoms with Gasteiger partial charge in [-0.2, -0.15) is 0 Å². The van der Waals surface area contributed by atoms with E-state index in [-0.39, 0.29) is 5.91 Å². The van der Waals surface area contributed by atoms with E-state index in [0.717, 1.165) is 74.7 Å². The number of benzene rings is 2. The number of nitrogens with one attached hydrogen (secondary N) is 1. The minimum Gasteiger partial charge on any atom is -0.494 e. The zero-order valence-electron chi connectivity index (χ0n) is 24.1. The molecule has 4 atom stereocenters. The molecule has 2 aliphatic rings. The lowest BCUT2D eigenvalue weighted by Crippen LogP contribution is -2.49. The lowest BCUT2D eigenvalue weighted by Gasteiger charge is -2.36. The van der Waals surface area contributed by atoms with Crippen molar-refractivity contribution in [1.82, 2.24) is 4.90 Å². The molecule has 4 unspecified atom stereocenters. The molecule has 0 aliphatic carbocycles. The average Bonchev–Trinajstić information content (AvgIpc) is 3.00. The molecule has 1 fully saturated rings. The number of aliphatic carboxylic acids is 1. The molecule has 0 spiro atoms. The van der Waals surface area contributed by atoms with Gasteiger partial charge in [-0.25, -0.2) is 4.79 Å². The number of anilines is 2. The highest BCUT2D eigenvalue weighted by atomic mass is 35.5. The first-order valence-electron chi connectivity index (χ1n) is 14.4. The van der Waals surface area contributed by atoms with Gasteiger partial charge in [-0.1, -0.05) is 17.7 Å². The average molecular weight is 622 g/mol. The van der Waals surface area contributed by atoms with E-state index in [4.69, 9.17) is 26.2 Å². The number of aliphatic hydroxyl groups is 4. The van der Waals surface area contributed by atoms with Crippen LogP contribution in [0.1, 0.15) is 30.4 Å². The summed E-state index contributed by atoms with van der Waals surface area (Å²) in [4.78, 5) is 27.0. The summed E-state index contributed by atoms with van der Waals surface area (Å²) in [5.41, 5.74) is 3.48. The predicted molar refractivity (Wildman–Crippen MR) is 160 cm³/mol. The molecule has 2 heterocycles. The molecule has 1 saturated heterocycles. The maximum absolute atomic E-state index is 11.6. The number of unbranched alkanes of at least 4 members (excludes halogenated alkanes) is 1. The van der Waals surface area contributed by atoms with Crippen molar-refractivity contribution in [1.29, 1.82) is 0 Å². The van der Waals surface area contributed by atoms with Crippen LogP contribution in [-0.2, 0) is 16.0 Å². The summed E-state index contributed by atoms with van der Waals surface area (Å²) >= 11 is 6.67. The Morgan fingerprint density at radius 3 is 2.47 bits per heavy atom. The van der Waals surface area contributed by atoms with Gasteiger partial charge < -0.3 is 45.2 Å². The van der Waals surface area contributed by atoms with Crippen molar-refractivity contribution in [3.63, 3.8) is 0 Å². The second-order valence-electron chi connectivity index (χ2n) is 10.9. The van der Waals surface area contributed by atoms with Gasteiger partial charge in [0.05, 0.1) is 17.3 Å². The van der Waals surface area contributed by atoms with Crippen LogP contribution in [0.5, 0.6) is 11.5 Å². The second-order valence-corrected chi connectivity index (χ2v) is 11.3. The molecule has 2 aromatic carbocycles. The van der Waals surface area contributed by atoms with Gasteiger partial charge in [0.25, 0.3) is 0 Å². The van der Waals surface area contributed by atoms with Crippen LogP contribution in [0.15, 0.2) is 30.3 Å². The Balaban J connectivity index is 1.18. The van der Waals surface area contributed by atoms with Crippen molar-refractivity contribution in [2.75, 3.05) is 56.2 Å². The van der Waals surface area contributed by atoms with Gasteiger partial charge in [0.15, 0.2) is 6.10 Å². The minimum absolute atomic E-state index is 0.0405. The number of halogens is 1. The Kier molecular flexibility index (Phi) is 11.5. The summed E-state index contributed by atoms with van der Waals surface area (Å²) in [5, 5.41) is 51.4. The molecule has 236 valence electrons. The maximum Gasteiger partial charge on any atom is 0.335 e. The highest BCUT2D eigenvalue weighted by Gasteiger charge is 2.34. The molecule has 0 aromatic heterocycles. The van der Waals surface area contributed by atoms with Crippen molar-refractivity contribution >= 4 is 34.9 Å². The molecule has 12 nitrogen and oxygen atoms in total. The normalized spacial score (nSPS) is 18.3. The quantitative estimate of drug-likeness (QED) is 0.169. The van der Waals surface area contributed by atoms with Gasteiger partial charge in [-0.3, -0.25) is 9.69 Å². The molecule has 1 amide bonds. The number of fused-ring (bicyclic) bond motifs is 1. The lowest BCUT2D eigenvalue weighted by molar-refractivity contribution is -0.163. The van der Waals surface area contributed by atoms with E-state index in [1.165, 1.54) is 0 Å². The smallest absolute Gasteiger partial charge is 0.335 e. The number of carbonyl (C=O) groups excluding carboxylic acids is 1. The summed E-state index contributed by atoms with van der Waals surface area (Å²) < 4.78 is 11.5. The fourth-order valence-electron chi connectivity index (χ4n) is 5.17. The third kappa shape index (κ3) is 8.49. The number of piperazine rings is 1. The number of rotatable bonds is 14. The fraction of sp³-hybridized carbons (Fsp3) is 0.533. The maximum atomic E-state index is 11.6. The SMILES string of the molecule is Cc1c(OCC(O)C(O)C(O)C(O)C(=O)O)ccc(N2CCN(CCCCOc3ccc4c(c3)NC(=O)CC4)CC2)c1Cl.